The molecular formula is C13H19NO3. The number of carbonyl (C=O) groups is 2. The van der Waals surface area contributed by atoms with E-state index in [-0.39, 0.29) is 11.8 Å². The summed E-state index contributed by atoms with van der Waals surface area (Å²) in [5, 5.41) is 2.33. The zero-order valence-electron chi connectivity index (χ0n) is 10.5. The van der Waals surface area contributed by atoms with Gasteiger partial charge in [-0.15, -0.1) is 0 Å². The summed E-state index contributed by atoms with van der Waals surface area (Å²) in [7, 11) is 0. The Hall–Kier alpha value is -1.32. The van der Waals surface area contributed by atoms with E-state index < -0.39 is 11.7 Å². The van der Waals surface area contributed by atoms with E-state index in [9.17, 15) is 9.59 Å². The highest BCUT2D eigenvalue weighted by Crippen LogP contribution is 2.43. The molecule has 2 aliphatic rings. The summed E-state index contributed by atoms with van der Waals surface area (Å²) in [6.07, 6.45) is 5.52. The van der Waals surface area contributed by atoms with Crippen molar-refractivity contribution >= 4 is 12.0 Å². The van der Waals surface area contributed by atoms with E-state index in [0.29, 0.717) is 11.8 Å². The summed E-state index contributed by atoms with van der Waals surface area (Å²) in [4.78, 5) is 23.3. The van der Waals surface area contributed by atoms with Crippen molar-refractivity contribution in [1.29, 1.82) is 0 Å². The van der Waals surface area contributed by atoms with Gasteiger partial charge in [0.1, 0.15) is 5.60 Å². The Morgan fingerprint density at radius 1 is 1.24 bits per heavy atom. The van der Waals surface area contributed by atoms with Gasteiger partial charge in [-0.3, -0.25) is 10.1 Å². The number of amides is 2. The molecular weight excluding hydrogens is 218 g/mol. The van der Waals surface area contributed by atoms with Crippen molar-refractivity contribution in [3.05, 3.63) is 12.2 Å². The molecule has 3 unspecified atom stereocenters. The van der Waals surface area contributed by atoms with Crippen LogP contribution in [0.1, 0.15) is 33.6 Å². The Morgan fingerprint density at radius 2 is 1.94 bits per heavy atom. The summed E-state index contributed by atoms with van der Waals surface area (Å²) in [6.45, 7) is 5.33. The molecule has 2 aliphatic carbocycles. The van der Waals surface area contributed by atoms with Crippen molar-refractivity contribution in [1.82, 2.24) is 5.32 Å². The lowest BCUT2D eigenvalue weighted by Gasteiger charge is -2.21. The molecule has 4 nitrogen and oxygen atoms in total. The van der Waals surface area contributed by atoms with Crippen molar-refractivity contribution in [3.63, 3.8) is 0 Å². The lowest BCUT2D eigenvalue weighted by molar-refractivity contribution is -0.125. The molecule has 1 saturated carbocycles. The van der Waals surface area contributed by atoms with Gasteiger partial charge in [0, 0.05) is 5.92 Å². The van der Waals surface area contributed by atoms with Crippen molar-refractivity contribution in [3.8, 4) is 0 Å². The van der Waals surface area contributed by atoms with Crippen LogP contribution in [0, 0.1) is 17.8 Å². The molecule has 0 radical (unpaired) electrons. The van der Waals surface area contributed by atoms with Crippen LogP contribution in [0.25, 0.3) is 0 Å². The van der Waals surface area contributed by atoms with Crippen LogP contribution in [-0.2, 0) is 9.53 Å². The van der Waals surface area contributed by atoms with E-state index in [2.05, 4.69) is 17.5 Å². The Kier molecular flexibility index (Phi) is 2.98. The van der Waals surface area contributed by atoms with Crippen LogP contribution in [0.4, 0.5) is 4.79 Å². The first-order chi connectivity index (χ1) is 7.85. The number of imide groups is 1. The lowest BCUT2D eigenvalue weighted by atomic mass is 9.93. The van der Waals surface area contributed by atoms with Crippen molar-refractivity contribution < 1.29 is 14.3 Å². The predicted octanol–water partition coefficient (Wildman–Crippen LogP) is 2.25. The molecule has 0 aromatic carbocycles. The second-order valence-corrected chi connectivity index (χ2v) is 5.88. The third kappa shape index (κ3) is 2.87. The Labute approximate surface area is 101 Å². The van der Waals surface area contributed by atoms with Gasteiger partial charge in [-0.25, -0.2) is 4.79 Å². The van der Waals surface area contributed by atoms with Crippen LogP contribution >= 0.6 is 0 Å². The molecule has 17 heavy (non-hydrogen) atoms. The van der Waals surface area contributed by atoms with Crippen LogP contribution in [0.15, 0.2) is 12.2 Å². The first-order valence-electron chi connectivity index (χ1n) is 6.07. The fraction of sp³-hybridized carbons (Fsp3) is 0.692. The second-order valence-electron chi connectivity index (χ2n) is 5.88. The SMILES string of the molecule is CC(C)(C)OC(=O)NC(=O)C1CC2C=CC1C2. The van der Waals surface area contributed by atoms with E-state index in [1.807, 2.05) is 0 Å². The van der Waals surface area contributed by atoms with Crippen LogP contribution in [0.2, 0.25) is 0 Å². The summed E-state index contributed by atoms with van der Waals surface area (Å²) >= 11 is 0. The molecule has 0 aromatic heterocycles. The number of carbonyl (C=O) groups excluding carboxylic acids is 2. The lowest BCUT2D eigenvalue weighted by Crippen LogP contribution is -2.40. The monoisotopic (exact) mass is 237 g/mol. The maximum atomic E-state index is 11.9. The van der Waals surface area contributed by atoms with Gasteiger partial charge in [0.15, 0.2) is 0 Å². The normalized spacial score (nSPS) is 30.4. The molecule has 0 aromatic rings. The Bertz CT molecular complexity index is 367. The first kappa shape index (κ1) is 12.1. The fourth-order valence-corrected chi connectivity index (χ4v) is 2.58. The first-order valence-corrected chi connectivity index (χ1v) is 6.07. The third-order valence-corrected chi connectivity index (χ3v) is 3.24. The van der Waals surface area contributed by atoms with Gasteiger partial charge in [0.25, 0.3) is 0 Å². The number of hydrogen-bond donors (Lipinski definition) is 1. The molecule has 4 heteroatoms. The predicted molar refractivity (Wildman–Crippen MR) is 63.2 cm³/mol. The molecule has 2 amide bonds. The minimum atomic E-state index is -0.644. The number of allylic oxidation sites excluding steroid dienone is 2. The van der Waals surface area contributed by atoms with Crippen molar-refractivity contribution in [2.75, 3.05) is 0 Å². The van der Waals surface area contributed by atoms with Crippen LogP contribution in [0.5, 0.6) is 0 Å². The van der Waals surface area contributed by atoms with Gasteiger partial charge in [-0.2, -0.15) is 0 Å². The number of nitrogens with one attached hydrogen (secondary N) is 1. The van der Waals surface area contributed by atoms with E-state index >= 15 is 0 Å². The zero-order valence-corrected chi connectivity index (χ0v) is 10.5. The minimum absolute atomic E-state index is 0.0579. The molecule has 3 atom stereocenters. The molecule has 0 heterocycles. The van der Waals surface area contributed by atoms with E-state index in [4.69, 9.17) is 4.74 Å². The Balaban J connectivity index is 1.86. The smallest absolute Gasteiger partial charge is 0.414 e. The van der Waals surface area contributed by atoms with Crippen LogP contribution < -0.4 is 5.32 Å². The summed E-state index contributed by atoms with van der Waals surface area (Å²) < 4.78 is 5.06. The van der Waals surface area contributed by atoms with Crippen LogP contribution in [0.3, 0.4) is 0 Å². The molecule has 0 aliphatic heterocycles. The molecule has 1 fully saturated rings. The van der Waals surface area contributed by atoms with Gasteiger partial charge < -0.3 is 4.74 Å². The highest BCUT2D eigenvalue weighted by Gasteiger charge is 2.40. The third-order valence-electron chi connectivity index (χ3n) is 3.24. The maximum absolute atomic E-state index is 11.9. The van der Waals surface area contributed by atoms with E-state index in [0.717, 1.165) is 12.8 Å². The minimum Gasteiger partial charge on any atom is -0.444 e. The number of alkyl carbamates (subject to hydrolysis) is 1. The summed E-state index contributed by atoms with van der Waals surface area (Å²) in [5.41, 5.74) is -0.570. The molecule has 1 N–H and O–H groups in total. The number of fused-ring (bicyclic) bond motifs is 2. The van der Waals surface area contributed by atoms with Crippen molar-refractivity contribution in [2.24, 2.45) is 17.8 Å². The zero-order chi connectivity index (χ0) is 12.6. The van der Waals surface area contributed by atoms with Crippen molar-refractivity contribution in [2.45, 2.75) is 39.2 Å². The standard InChI is InChI=1S/C13H19NO3/c1-13(2,3)17-12(16)14-11(15)10-7-8-4-5-9(10)6-8/h4-5,8-10H,6-7H2,1-3H3,(H,14,15,16). The summed E-state index contributed by atoms with van der Waals surface area (Å²) in [5.74, 6) is 0.574. The van der Waals surface area contributed by atoms with Crippen LogP contribution in [-0.4, -0.2) is 17.6 Å². The number of ether oxygens (including phenoxy) is 1. The second kappa shape index (κ2) is 4.17. The molecule has 2 rings (SSSR count). The quantitative estimate of drug-likeness (QED) is 0.712. The Morgan fingerprint density at radius 3 is 2.41 bits per heavy atom. The van der Waals surface area contributed by atoms with E-state index in [1.54, 1.807) is 20.8 Å². The number of hydrogen-bond acceptors (Lipinski definition) is 3. The largest absolute Gasteiger partial charge is 0.444 e. The van der Waals surface area contributed by atoms with E-state index in [1.165, 1.54) is 0 Å². The van der Waals surface area contributed by atoms with Gasteiger partial charge in [-0.05, 0) is 45.4 Å². The highest BCUT2D eigenvalue weighted by atomic mass is 16.6. The molecule has 94 valence electrons. The average molecular weight is 237 g/mol. The van der Waals surface area contributed by atoms with Gasteiger partial charge in [0.05, 0.1) is 0 Å². The maximum Gasteiger partial charge on any atom is 0.414 e. The van der Waals surface area contributed by atoms with Gasteiger partial charge in [0.2, 0.25) is 5.91 Å². The average Bonchev–Trinajstić information content (AvgIpc) is 2.74. The molecule has 0 spiro atoms. The molecule has 0 saturated heterocycles. The fourth-order valence-electron chi connectivity index (χ4n) is 2.58. The highest BCUT2D eigenvalue weighted by molar-refractivity contribution is 5.93. The number of rotatable bonds is 1. The summed E-state index contributed by atoms with van der Waals surface area (Å²) in [6, 6.07) is 0. The van der Waals surface area contributed by atoms with Gasteiger partial charge in [-0.1, -0.05) is 12.2 Å². The topological polar surface area (TPSA) is 55.4 Å². The molecule has 2 bridgehead atoms. The van der Waals surface area contributed by atoms with Gasteiger partial charge >= 0.3 is 6.09 Å².